The second kappa shape index (κ2) is 5.13. The van der Waals surface area contributed by atoms with Gasteiger partial charge in [-0.25, -0.2) is 4.98 Å². The highest BCUT2D eigenvalue weighted by Crippen LogP contribution is 2.11. The number of carbonyl (C=O) groups is 2. The molecule has 1 aliphatic heterocycles. The van der Waals surface area contributed by atoms with Gasteiger partial charge in [-0.05, 0) is 12.8 Å². The van der Waals surface area contributed by atoms with E-state index in [0.29, 0.717) is 23.8 Å². The third kappa shape index (κ3) is 3.16. The van der Waals surface area contributed by atoms with Crippen LogP contribution in [-0.2, 0) is 16.0 Å². The maximum atomic E-state index is 11.7. The molecule has 0 radical (unpaired) electrons. The van der Waals surface area contributed by atoms with E-state index in [1.807, 2.05) is 0 Å². The van der Waals surface area contributed by atoms with E-state index in [0.717, 1.165) is 6.42 Å². The highest BCUT2D eigenvalue weighted by atomic mass is 32.1. The topological polar surface area (TPSA) is 97.1 Å². The van der Waals surface area contributed by atoms with Gasteiger partial charge in [0.15, 0.2) is 5.13 Å². The van der Waals surface area contributed by atoms with Crippen molar-refractivity contribution in [1.29, 1.82) is 0 Å². The Hall–Kier alpha value is -1.63. The maximum Gasteiger partial charge on any atom is 0.242 e. The van der Waals surface area contributed by atoms with Crippen molar-refractivity contribution in [2.45, 2.75) is 25.3 Å². The number of anilines is 1. The summed E-state index contributed by atoms with van der Waals surface area (Å²) in [6.07, 6.45) is 1.74. The van der Waals surface area contributed by atoms with Gasteiger partial charge in [-0.2, -0.15) is 0 Å². The second-order valence-electron chi connectivity index (χ2n) is 3.91. The van der Waals surface area contributed by atoms with Crippen LogP contribution < -0.4 is 16.4 Å². The zero-order valence-corrected chi connectivity index (χ0v) is 10.0. The number of aromatic nitrogens is 1. The molecule has 2 heterocycles. The van der Waals surface area contributed by atoms with E-state index in [4.69, 9.17) is 5.73 Å². The summed E-state index contributed by atoms with van der Waals surface area (Å²) >= 11 is 1.30. The Labute approximate surface area is 103 Å². The average molecular weight is 254 g/mol. The van der Waals surface area contributed by atoms with Crippen molar-refractivity contribution < 1.29 is 9.59 Å². The normalized spacial score (nSPS) is 19.8. The lowest BCUT2D eigenvalue weighted by Gasteiger charge is -2.22. The predicted octanol–water partition coefficient (Wildman–Crippen LogP) is -0.337. The summed E-state index contributed by atoms with van der Waals surface area (Å²) in [6, 6.07) is -0.410. The summed E-state index contributed by atoms with van der Waals surface area (Å²) in [5, 5.41) is 7.61. The van der Waals surface area contributed by atoms with E-state index in [1.54, 1.807) is 5.38 Å². The second-order valence-corrected chi connectivity index (χ2v) is 4.80. The van der Waals surface area contributed by atoms with Crippen LogP contribution in [0.1, 0.15) is 18.5 Å². The van der Waals surface area contributed by atoms with Gasteiger partial charge in [0.1, 0.15) is 6.04 Å². The van der Waals surface area contributed by atoms with Crippen molar-refractivity contribution in [2.75, 3.05) is 12.3 Å². The number of thiazole rings is 1. The van der Waals surface area contributed by atoms with Crippen molar-refractivity contribution in [3.8, 4) is 0 Å². The smallest absolute Gasteiger partial charge is 0.242 e. The van der Waals surface area contributed by atoms with Crippen LogP contribution in [0.3, 0.4) is 0 Å². The minimum Gasteiger partial charge on any atom is -0.375 e. The molecule has 0 spiro atoms. The van der Waals surface area contributed by atoms with E-state index >= 15 is 0 Å². The molecule has 4 N–H and O–H groups in total. The van der Waals surface area contributed by atoms with Crippen LogP contribution in [0.15, 0.2) is 5.38 Å². The molecule has 6 nitrogen and oxygen atoms in total. The molecule has 1 aromatic rings. The molecule has 92 valence electrons. The number of nitrogens with zero attached hydrogens (tertiary/aromatic N) is 1. The first-order chi connectivity index (χ1) is 8.15. The Balaban J connectivity index is 1.86. The Morgan fingerprint density at radius 3 is 3.18 bits per heavy atom. The number of nitrogen functional groups attached to an aromatic ring is 1. The van der Waals surface area contributed by atoms with Crippen molar-refractivity contribution in [1.82, 2.24) is 15.6 Å². The summed E-state index contributed by atoms with van der Waals surface area (Å²) in [4.78, 5) is 27.1. The van der Waals surface area contributed by atoms with E-state index in [2.05, 4.69) is 15.6 Å². The number of amides is 2. The van der Waals surface area contributed by atoms with Gasteiger partial charge < -0.3 is 16.4 Å². The fourth-order valence-electron chi connectivity index (χ4n) is 1.72. The van der Waals surface area contributed by atoms with E-state index in [9.17, 15) is 9.59 Å². The van der Waals surface area contributed by atoms with Gasteiger partial charge in [0.25, 0.3) is 0 Å². The Kier molecular flexibility index (Phi) is 3.58. The van der Waals surface area contributed by atoms with Crippen LogP contribution in [-0.4, -0.2) is 29.4 Å². The molecule has 0 aromatic carbocycles. The fourth-order valence-corrected chi connectivity index (χ4v) is 2.29. The van der Waals surface area contributed by atoms with Crippen LogP contribution >= 0.6 is 11.3 Å². The summed E-state index contributed by atoms with van der Waals surface area (Å²) in [6.45, 7) is 0.688. The Morgan fingerprint density at radius 1 is 1.71 bits per heavy atom. The Bertz CT molecular complexity index is 432. The predicted molar refractivity (Wildman–Crippen MR) is 64.4 cm³/mol. The molecule has 1 saturated heterocycles. The quantitative estimate of drug-likeness (QED) is 0.687. The molecule has 1 fully saturated rings. The fraction of sp³-hybridized carbons (Fsp3) is 0.500. The molecule has 2 amide bonds. The largest absolute Gasteiger partial charge is 0.375 e. The maximum absolute atomic E-state index is 11.7. The molecule has 7 heteroatoms. The first kappa shape index (κ1) is 11.8. The molecule has 0 bridgehead atoms. The SMILES string of the molecule is Nc1nc(CC(=O)NC2CCCNC2=O)cs1. The van der Waals surface area contributed by atoms with Crippen molar-refractivity contribution >= 4 is 28.3 Å². The molecule has 2 rings (SSSR count). The van der Waals surface area contributed by atoms with Crippen molar-refractivity contribution in [3.05, 3.63) is 11.1 Å². The lowest BCUT2D eigenvalue weighted by Crippen LogP contribution is -2.50. The van der Waals surface area contributed by atoms with Crippen molar-refractivity contribution in [2.24, 2.45) is 0 Å². The molecular formula is C10H14N4O2S. The van der Waals surface area contributed by atoms with Gasteiger partial charge in [-0.1, -0.05) is 0 Å². The van der Waals surface area contributed by atoms with Gasteiger partial charge in [0.05, 0.1) is 12.1 Å². The van der Waals surface area contributed by atoms with Gasteiger partial charge in [0.2, 0.25) is 11.8 Å². The lowest BCUT2D eigenvalue weighted by molar-refractivity contribution is -0.129. The van der Waals surface area contributed by atoms with E-state index in [1.165, 1.54) is 11.3 Å². The van der Waals surface area contributed by atoms with Crippen molar-refractivity contribution in [3.63, 3.8) is 0 Å². The number of carbonyl (C=O) groups excluding carboxylic acids is 2. The molecule has 0 saturated carbocycles. The van der Waals surface area contributed by atoms with Crippen LogP contribution in [0.2, 0.25) is 0 Å². The number of hydrogen-bond acceptors (Lipinski definition) is 5. The van der Waals surface area contributed by atoms with Crippen LogP contribution in [0, 0.1) is 0 Å². The zero-order chi connectivity index (χ0) is 12.3. The van der Waals surface area contributed by atoms with Crippen LogP contribution in [0.25, 0.3) is 0 Å². The summed E-state index contributed by atoms with van der Waals surface area (Å²) < 4.78 is 0. The number of piperidine rings is 1. The lowest BCUT2D eigenvalue weighted by atomic mass is 10.1. The van der Waals surface area contributed by atoms with Gasteiger partial charge in [0, 0.05) is 11.9 Å². The molecule has 17 heavy (non-hydrogen) atoms. The molecule has 1 atom stereocenters. The molecular weight excluding hydrogens is 240 g/mol. The van der Waals surface area contributed by atoms with E-state index in [-0.39, 0.29) is 18.2 Å². The monoisotopic (exact) mass is 254 g/mol. The zero-order valence-electron chi connectivity index (χ0n) is 9.23. The minimum atomic E-state index is -0.410. The number of hydrogen-bond donors (Lipinski definition) is 3. The minimum absolute atomic E-state index is 0.109. The first-order valence-corrected chi connectivity index (χ1v) is 6.30. The average Bonchev–Trinajstić information content (AvgIpc) is 2.67. The van der Waals surface area contributed by atoms with Gasteiger partial charge in [-0.3, -0.25) is 9.59 Å². The highest BCUT2D eigenvalue weighted by Gasteiger charge is 2.23. The summed E-state index contributed by atoms with van der Waals surface area (Å²) in [5.41, 5.74) is 6.11. The Morgan fingerprint density at radius 2 is 2.53 bits per heavy atom. The number of rotatable bonds is 3. The number of nitrogens with one attached hydrogen (secondary N) is 2. The van der Waals surface area contributed by atoms with Crippen LogP contribution in [0.4, 0.5) is 5.13 Å². The molecule has 1 aliphatic rings. The molecule has 1 unspecified atom stereocenters. The van der Waals surface area contributed by atoms with Gasteiger partial charge in [-0.15, -0.1) is 11.3 Å². The molecule has 1 aromatic heterocycles. The van der Waals surface area contributed by atoms with E-state index < -0.39 is 6.04 Å². The van der Waals surface area contributed by atoms with Crippen LogP contribution in [0.5, 0.6) is 0 Å². The first-order valence-electron chi connectivity index (χ1n) is 5.42. The third-order valence-electron chi connectivity index (χ3n) is 2.53. The number of nitrogens with two attached hydrogens (primary N) is 1. The van der Waals surface area contributed by atoms with Gasteiger partial charge >= 0.3 is 0 Å². The highest BCUT2D eigenvalue weighted by molar-refractivity contribution is 7.13. The summed E-state index contributed by atoms with van der Waals surface area (Å²) in [7, 11) is 0. The molecule has 0 aliphatic carbocycles. The summed E-state index contributed by atoms with van der Waals surface area (Å²) in [5.74, 6) is -0.306. The third-order valence-corrected chi connectivity index (χ3v) is 3.25. The standard InChI is InChI=1S/C10H14N4O2S/c11-10-13-6(5-17-10)4-8(15)14-7-2-1-3-12-9(7)16/h5,7H,1-4H2,(H2,11,13)(H,12,16)(H,14,15).